The molecule has 0 spiro atoms. The molecule has 0 aliphatic carbocycles. The van der Waals surface area contributed by atoms with Crippen molar-refractivity contribution in [3.8, 4) is 5.75 Å². The maximum absolute atomic E-state index is 11.0. The van der Waals surface area contributed by atoms with E-state index >= 15 is 0 Å². The minimum absolute atomic E-state index is 0.178. The number of benzene rings is 1. The first-order valence-electron chi connectivity index (χ1n) is 5.33. The molecule has 0 saturated heterocycles. The average molecular weight is 220 g/mol. The SMILES string of the molecule is CCOC(=O)CC/C=C/c1cccc(O)c1. The highest BCUT2D eigenvalue weighted by Crippen LogP contribution is 2.12. The number of carbonyl (C=O) groups excluding carboxylic acids is 1. The van der Waals surface area contributed by atoms with Gasteiger partial charge in [0.2, 0.25) is 0 Å². The molecule has 0 amide bonds. The van der Waals surface area contributed by atoms with E-state index in [-0.39, 0.29) is 11.7 Å². The zero-order valence-electron chi connectivity index (χ0n) is 9.35. The maximum atomic E-state index is 11.0. The summed E-state index contributed by atoms with van der Waals surface area (Å²) in [6, 6.07) is 6.96. The first-order chi connectivity index (χ1) is 7.72. The van der Waals surface area contributed by atoms with E-state index in [1.807, 2.05) is 18.2 Å². The number of rotatable bonds is 5. The van der Waals surface area contributed by atoms with Crippen LogP contribution >= 0.6 is 0 Å². The second kappa shape index (κ2) is 6.67. The molecule has 0 fully saturated rings. The number of phenols is 1. The van der Waals surface area contributed by atoms with Gasteiger partial charge in [-0.05, 0) is 31.0 Å². The van der Waals surface area contributed by atoms with Crippen LogP contribution in [0.15, 0.2) is 30.3 Å². The number of phenolic OH excluding ortho intramolecular Hbond substituents is 1. The summed E-state index contributed by atoms with van der Waals surface area (Å²) in [5.74, 6) is 0.0654. The van der Waals surface area contributed by atoms with Crippen molar-refractivity contribution < 1.29 is 14.6 Å². The molecule has 86 valence electrons. The summed E-state index contributed by atoms with van der Waals surface area (Å²) in [6.07, 6.45) is 4.81. The number of esters is 1. The third-order valence-electron chi connectivity index (χ3n) is 2.00. The number of ether oxygens (including phenoxy) is 1. The van der Waals surface area contributed by atoms with E-state index in [0.717, 1.165) is 5.56 Å². The largest absolute Gasteiger partial charge is 0.508 e. The Morgan fingerprint density at radius 1 is 1.50 bits per heavy atom. The summed E-state index contributed by atoms with van der Waals surface area (Å²) in [7, 11) is 0. The van der Waals surface area contributed by atoms with Gasteiger partial charge in [0.1, 0.15) is 5.75 Å². The Morgan fingerprint density at radius 3 is 3.00 bits per heavy atom. The van der Waals surface area contributed by atoms with Gasteiger partial charge in [-0.1, -0.05) is 24.3 Å². The second-order valence-electron chi connectivity index (χ2n) is 3.34. The lowest BCUT2D eigenvalue weighted by Crippen LogP contribution is -2.02. The molecule has 1 N–H and O–H groups in total. The topological polar surface area (TPSA) is 46.5 Å². The van der Waals surface area contributed by atoms with Gasteiger partial charge >= 0.3 is 5.97 Å². The highest BCUT2D eigenvalue weighted by atomic mass is 16.5. The molecule has 0 aliphatic rings. The van der Waals surface area contributed by atoms with Crippen molar-refractivity contribution in [3.63, 3.8) is 0 Å². The molecule has 0 bridgehead atoms. The summed E-state index contributed by atoms with van der Waals surface area (Å²) >= 11 is 0. The number of aromatic hydroxyl groups is 1. The van der Waals surface area contributed by atoms with Crippen LogP contribution in [0.3, 0.4) is 0 Å². The van der Waals surface area contributed by atoms with E-state index in [1.54, 1.807) is 25.1 Å². The molecule has 0 aromatic heterocycles. The Bertz CT molecular complexity index is 369. The Kier molecular flexibility index (Phi) is 5.12. The fourth-order valence-corrected chi connectivity index (χ4v) is 1.28. The van der Waals surface area contributed by atoms with Gasteiger partial charge in [0.05, 0.1) is 6.61 Å². The Labute approximate surface area is 95.4 Å². The monoisotopic (exact) mass is 220 g/mol. The first-order valence-corrected chi connectivity index (χ1v) is 5.33. The molecule has 3 heteroatoms. The minimum atomic E-state index is -0.178. The van der Waals surface area contributed by atoms with Crippen molar-refractivity contribution in [2.75, 3.05) is 6.61 Å². The van der Waals surface area contributed by atoms with E-state index in [0.29, 0.717) is 19.4 Å². The number of hydrogen-bond donors (Lipinski definition) is 1. The van der Waals surface area contributed by atoms with Crippen LogP contribution in [0.5, 0.6) is 5.75 Å². The van der Waals surface area contributed by atoms with Crippen LogP contribution in [0.1, 0.15) is 25.3 Å². The summed E-state index contributed by atoms with van der Waals surface area (Å²) in [4.78, 5) is 11.0. The van der Waals surface area contributed by atoms with Crippen LogP contribution in [-0.2, 0) is 9.53 Å². The Balaban J connectivity index is 2.35. The molecule has 16 heavy (non-hydrogen) atoms. The number of hydrogen-bond acceptors (Lipinski definition) is 3. The third-order valence-corrected chi connectivity index (χ3v) is 2.00. The fraction of sp³-hybridized carbons (Fsp3) is 0.308. The average Bonchev–Trinajstić information content (AvgIpc) is 2.25. The molecule has 1 rings (SSSR count). The number of allylic oxidation sites excluding steroid dienone is 1. The zero-order valence-corrected chi connectivity index (χ0v) is 9.35. The molecule has 3 nitrogen and oxygen atoms in total. The molecule has 0 radical (unpaired) electrons. The van der Waals surface area contributed by atoms with E-state index in [1.165, 1.54) is 0 Å². The highest BCUT2D eigenvalue weighted by Gasteiger charge is 1.97. The second-order valence-corrected chi connectivity index (χ2v) is 3.34. The highest BCUT2D eigenvalue weighted by molar-refractivity contribution is 5.69. The van der Waals surface area contributed by atoms with Crippen LogP contribution in [0.25, 0.3) is 6.08 Å². The predicted molar refractivity (Wildman–Crippen MR) is 63.0 cm³/mol. The smallest absolute Gasteiger partial charge is 0.306 e. The number of carbonyl (C=O) groups is 1. The van der Waals surface area contributed by atoms with Crippen molar-refractivity contribution in [1.29, 1.82) is 0 Å². The van der Waals surface area contributed by atoms with Crippen molar-refractivity contribution in [3.05, 3.63) is 35.9 Å². The van der Waals surface area contributed by atoms with E-state index < -0.39 is 0 Å². The lowest BCUT2D eigenvalue weighted by atomic mass is 10.2. The minimum Gasteiger partial charge on any atom is -0.508 e. The van der Waals surface area contributed by atoms with Gasteiger partial charge in [-0.25, -0.2) is 0 Å². The van der Waals surface area contributed by atoms with E-state index in [4.69, 9.17) is 4.74 Å². The van der Waals surface area contributed by atoms with Gasteiger partial charge in [0.15, 0.2) is 0 Å². The third kappa shape index (κ3) is 4.64. The van der Waals surface area contributed by atoms with Gasteiger partial charge in [-0.3, -0.25) is 4.79 Å². The first kappa shape index (κ1) is 12.3. The molecule has 0 saturated carbocycles. The quantitative estimate of drug-likeness (QED) is 0.776. The molecular formula is C13H16O3. The Morgan fingerprint density at radius 2 is 2.31 bits per heavy atom. The maximum Gasteiger partial charge on any atom is 0.306 e. The Hall–Kier alpha value is -1.77. The van der Waals surface area contributed by atoms with Crippen molar-refractivity contribution in [2.24, 2.45) is 0 Å². The normalized spacial score (nSPS) is 10.6. The standard InChI is InChI=1S/C13H16O3/c1-2-16-13(15)9-4-3-6-11-7-5-8-12(14)10-11/h3,5-8,10,14H,2,4,9H2,1H3/b6-3+. The molecular weight excluding hydrogens is 204 g/mol. The van der Waals surface area contributed by atoms with Gasteiger partial charge in [-0.2, -0.15) is 0 Å². The molecule has 0 aliphatic heterocycles. The van der Waals surface area contributed by atoms with Crippen LogP contribution in [0, 0.1) is 0 Å². The van der Waals surface area contributed by atoms with Crippen molar-refractivity contribution in [1.82, 2.24) is 0 Å². The summed E-state index contributed by atoms with van der Waals surface area (Å²) in [5, 5.41) is 9.22. The van der Waals surface area contributed by atoms with Crippen molar-refractivity contribution >= 4 is 12.0 Å². The molecule has 1 aromatic carbocycles. The van der Waals surface area contributed by atoms with Gasteiger partial charge in [-0.15, -0.1) is 0 Å². The molecule has 0 heterocycles. The van der Waals surface area contributed by atoms with E-state index in [2.05, 4.69) is 0 Å². The lowest BCUT2D eigenvalue weighted by molar-refractivity contribution is -0.142. The molecule has 0 unspecified atom stereocenters. The summed E-state index contributed by atoms with van der Waals surface area (Å²) < 4.78 is 4.80. The summed E-state index contributed by atoms with van der Waals surface area (Å²) in [6.45, 7) is 2.22. The van der Waals surface area contributed by atoms with Gasteiger partial charge in [0, 0.05) is 6.42 Å². The van der Waals surface area contributed by atoms with Crippen LogP contribution < -0.4 is 0 Å². The molecule has 0 atom stereocenters. The summed E-state index contributed by atoms with van der Waals surface area (Å²) in [5.41, 5.74) is 0.920. The predicted octanol–water partition coefficient (Wildman–Crippen LogP) is 2.75. The van der Waals surface area contributed by atoms with Gasteiger partial charge < -0.3 is 9.84 Å². The van der Waals surface area contributed by atoms with Crippen LogP contribution in [0.4, 0.5) is 0 Å². The fourth-order valence-electron chi connectivity index (χ4n) is 1.28. The zero-order chi connectivity index (χ0) is 11.8. The van der Waals surface area contributed by atoms with Gasteiger partial charge in [0.25, 0.3) is 0 Å². The van der Waals surface area contributed by atoms with Crippen LogP contribution in [-0.4, -0.2) is 17.7 Å². The molecule has 1 aromatic rings. The lowest BCUT2D eigenvalue weighted by Gasteiger charge is -1.98. The van der Waals surface area contributed by atoms with Crippen molar-refractivity contribution in [2.45, 2.75) is 19.8 Å². The van der Waals surface area contributed by atoms with E-state index in [9.17, 15) is 9.90 Å². The van der Waals surface area contributed by atoms with Crippen LogP contribution in [0.2, 0.25) is 0 Å².